The van der Waals surface area contributed by atoms with E-state index in [1.54, 1.807) is 7.05 Å². The number of carbonyl (C=O) groups is 1. The van der Waals surface area contributed by atoms with E-state index in [2.05, 4.69) is 5.10 Å². The summed E-state index contributed by atoms with van der Waals surface area (Å²) in [5.74, 6) is -0.0720. The predicted molar refractivity (Wildman–Crippen MR) is 62.6 cm³/mol. The van der Waals surface area contributed by atoms with Crippen molar-refractivity contribution in [3.8, 4) is 0 Å². The Hall–Kier alpha value is -0.870. The molecule has 5 heteroatoms. The lowest BCUT2D eigenvalue weighted by Crippen LogP contribution is -2.50. The maximum Gasteiger partial charge on any atom is 0.202 e. The van der Waals surface area contributed by atoms with Gasteiger partial charge in [-0.2, -0.15) is 5.10 Å². The SMILES string of the molecule is Cn1ncc(Cl)c1C(=O)C1(N)CCCCC1. The molecule has 0 saturated heterocycles. The maximum atomic E-state index is 12.4. The first kappa shape index (κ1) is 11.6. The third kappa shape index (κ3) is 1.87. The fraction of sp³-hybridized carbons (Fsp3) is 0.636. The summed E-state index contributed by atoms with van der Waals surface area (Å²) in [5, 5.41) is 4.36. The summed E-state index contributed by atoms with van der Waals surface area (Å²) in [7, 11) is 1.71. The number of aryl methyl sites for hydroxylation is 1. The van der Waals surface area contributed by atoms with Crippen LogP contribution in [0.3, 0.4) is 0 Å². The van der Waals surface area contributed by atoms with Crippen molar-refractivity contribution in [2.45, 2.75) is 37.6 Å². The van der Waals surface area contributed by atoms with Crippen LogP contribution in [0, 0.1) is 0 Å². The average molecular weight is 242 g/mol. The van der Waals surface area contributed by atoms with Crippen LogP contribution in [0.15, 0.2) is 6.20 Å². The summed E-state index contributed by atoms with van der Waals surface area (Å²) in [5.41, 5.74) is 5.88. The molecule has 16 heavy (non-hydrogen) atoms. The van der Waals surface area contributed by atoms with Gasteiger partial charge in [0.05, 0.1) is 16.8 Å². The van der Waals surface area contributed by atoms with Crippen LogP contribution in [0.1, 0.15) is 42.6 Å². The van der Waals surface area contributed by atoms with Gasteiger partial charge in [-0.3, -0.25) is 9.48 Å². The van der Waals surface area contributed by atoms with Gasteiger partial charge in [0, 0.05) is 7.05 Å². The number of nitrogens with two attached hydrogens (primary N) is 1. The van der Waals surface area contributed by atoms with Gasteiger partial charge in [-0.25, -0.2) is 0 Å². The van der Waals surface area contributed by atoms with Gasteiger partial charge >= 0.3 is 0 Å². The number of halogens is 1. The van der Waals surface area contributed by atoms with Crippen molar-refractivity contribution in [2.24, 2.45) is 12.8 Å². The molecule has 0 bridgehead atoms. The highest BCUT2D eigenvalue weighted by atomic mass is 35.5. The molecule has 0 aliphatic heterocycles. The highest BCUT2D eigenvalue weighted by Gasteiger charge is 2.38. The van der Waals surface area contributed by atoms with Crippen LogP contribution in [0.2, 0.25) is 5.02 Å². The summed E-state index contributed by atoms with van der Waals surface area (Å²) in [6.07, 6.45) is 6.16. The van der Waals surface area contributed by atoms with E-state index in [0.717, 1.165) is 32.1 Å². The van der Waals surface area contributed by atoms with Crippen molar-refractivity contribution in [2.75, 3.05) is 0 Å². The maximum absolute atomic E-state index is 12.4. The summed E-state index contributed by atoms with van der Waals surface area (Å²) in [4.78, 5) is 12.4. The Balaban J connectivity index is 2.31. The van der Waals surface area contributed by atoms with Crippen LogP contribution in [0.5, 0.6) is 0 Å². The number of hydrogen-bond acceptors (Lipinski definition) is 3. The van der Waals surface area contributed by atoms with E-state index in [4.69, 9.17) is 17.3 Å². The van der Waals surface area contributed by atoms with Crippen LogP contribution in [0.4, 0.5) is 0 Å². The minimum absolute atomic E-state index is 0.0720. The Bertz CT molecular complexity index is 388. The average Bonchev–Trinajstić information content (AvgIpc) is 2.59. The van der Waals surface area contributed by atoms with Gasteiger partial charge in [0.15, 0.2) is 0 Å². The van der Waals surface area contributed by atoms with Crippen molar-refractivity contribution < 1.29 is 4.79 Å². The molecule has 1 fully saturated rings. The van der Waals surface area contributed by atoms with Crippen molar-refractivity contribution in [3.63, 3.8) is 0 Å². The lowest BCUT2D eigenvalue weighted by atomic mass is 9.78. The van der Waals surface area contributed by atoms with E-state index in [1.165, 1.54) is 10.9 Å². The van der Waals surface area contributed by atoms with Crippen LogP contribution >= 0.6 is 11.6 Å². The van der Waals surface area contributed by atoms with E-state index < -0.39 is 5.54 Å². The molecule has 2 N–H and O–H groups in total. The van der Waals surface area contributed by atoms with E-state index in [1.807, 2.05) is 0 Å². The number of nitrogens with zero attached hydrogens (tertiary/aromatic N) is 2. The first-order valence-electron chi connectivity index (χ1n) is 5.56. The first-order valence-corrected chi connectivity index (χ1v) is 5.93. The van der Waals surface area contributed by atoms with E-state index >= 15 is 0 Å². The molecule has 0 radical (unpaired) electrons. The molecule has 2 rings (SSSR count). The standard InChI is InChI=1S/C11H16ClN3O/c1-15-9(8(12)7-14-15)10(16)11(13)5-3-2-4-6-11/h7H,2-6,13H2,1H3. The number of Topliss-reactive ketones (excluding diaryl/α,β-unsaturated/α-hetero) is 1. The summed E-state index contributed by atoms with van der Waals surface area (Å²) in [6.45, 7) is 0. The van der Waals surface area contributed by atoms with Crippen molar-refractivity contribution >= 4 is 17.4 Å². The van der Waals surface area contributed by atoms with Gasteiger partial charge in [0.1, 0.15) is 5.69 Å². The molecular weight excluding hydrogens is 226 g/mol. The number of ketones is 1. The molecular formula is C11H16ClN3O. The number of hydrogen-bond donors (Lipinski definition) is 1. The lowest BCUT2D eigenvalue weighted by molar-refractivity contribution is 0.0838. The minimum Gasteiger partial charge on any atom is -0.319 e. The van der Waals surface area contributed by atoms with Crippen molar-refractivity contribution in [1.29, 1.82) is 0 Å². The monoisotopic (exact) mass is 241 g/mol. The minimum atomic E-state index is -0.740. The zero-order valence-corrected chi connectivity index (χ0v) is 10.1. The summed E-state index contributed by atoms with van der Waals surface area (Å²) in [6, 6.07) is 0. The third-order valence-corrected chi connectivity index (χ3v) is 3.58. The molecule has 1 heterocycles. The topological polar surface area (TPSA) is 60.9 Å². The first-order chi connectivity index (χ1) is 7.54. The van der Waals surface area contributed by atoms with E-state index in [0.29, 0.717) is 10.7 Å². The fourth-order valence-corrected chi connectivity index (χ4v) is 2.56. The zero-order valence-electron chi connectivity index (χ0n) is 9.37. The van der Waals surface area contributed by atoms with Gasteiger partial charge in [-0.15, -0.1) is 0 Å². The largest absolute Gasteiger partial charge is 0.319 e. The van der Waals surface area contributed by atoms with E-state index in [9.17, 15) is 4.79 Å². The van der Waals surface area contributed by atoms with Crippen LogP contribution < -0.4 is 5.73 Å². The van der Waals surface area contributed by atoms with Crippen molar-refractivity contribution in [1.82, 2.24) is 9.78 Å². The lowest BCUT2D eigenvalue weighted by Gasteiger charge is -2.31. The quantitative estimate of drug-likeness (QED) is 0.805. The Morgan fingerprint density at radius 2 is 2.12 bits per heavy atom. The third-order valence-electron chi connectivity index (χ3n) is 3.31. The molecule has 0 unspecified atom stereocenters. The normalized spacial score (nSPS) is 19.7. The Labute approximate surface area is 99.8 Å². The van der Waals surface area contributed by atoms with Gasteiger partial charge in [0.25, 0.3) is 0 Å². The molecule has 0 spiro atoms. The summed E-state index contributed by atoms with van der Waals surface area (Å²) >= 11 is 5.96. The van der Waals surface area contributed by atoms with Gasteiger partial charge in [-0.1, -0.05) is 30.9 Å². The Morgan fingerprint density at radius 1 is 1.50 bits per heavy atom. The van der Waals surface area contributed by atoms with E-state index in [-0.39, 0.29) is 5.78 Å². The van der Waals surface area contributed by atoms with Gasteiger partial charge < -0.3 is 5.73 Å². The Morgan fingerprint density at radius 3 is 2.62 bits per heavy atom. The molecule has 1 aliphatic carbocycles. The molecule has 4 nitrogen and oxygen atoms in total. The molecule has 1 aromatic heterocycles. The molecule has 0 atom stereocenters. The summed E-state index contributed by atoms with van der Waals surface area (Å²) < 4.78 is 1.51. The number of aromatic nitrogens is 2. The predicted octanol–water partition coefficient (Wildman–Crippen LogP) is 1.92. The second-order valence-corrected chi connectivity index (χ2v) is 4.92. The number of rotatable bonds is 2. The zero-order chi connectivity index (χ0) is 11.8. The molecule has 1 saturated carbocycles. The van der Waals surface area contributed by atoms with Crippen molar-refractivity contribution in [3.05, 3.63) is 16.9 Å². The smallest absolute Gasteiger partial charge is 0.202 e. The van der Waals surface area contributed by atoms with Crippen LogP contribution in [-0.2, 0) is 7.05 Å². The molecule has 0 amide bonds. The highest BCUT2D eigenvalue weighted by molar-refractivity contribution is 6.34. The fourth-order valence-electron chi connectivity index (χ4n) is 2.31. The highest BCUT2D eigenvalue weighted by Crippen LogP contribution is 2.30. The second-order valence-electron chi connectivity index (χ2n) is 4.51. The molecule has 1 aromatic rings. The van der Waals surface area contributed by atoms with Crippen LogP contribution in [0.25, 0.3) is 0 Å². The Kier molecular flexibility index (Phi) is 3.04. The number of carbonyl (C=O) groups excluding carboxylic acids is 1. The van der Waals surface area contributed by atoms with Gasteiger partial charge in [-0.05, 0) is 12.8 Å². The second kappa shape index (κ2) is 4.18. The molecule has 0 aromatic carbocycles. The van der Waals surface area contributed by atoms with Crippen LogP contribution in [-0.4, -0.2) is 21.1 Å². The van der Waals surface area contributed by atoms with Gasteiger partial charge in [0.2, 0.25) is 5.78 Å². The molecule has 88 valence electrons. The molecule has 1 aliphatic rings.